The number of amides is 2. The van der Waals surface area contributed by atoms with Crippen LogP contribution in [-0.2, 0) is 20.5 Å². The molecule has 2 saturated heterocycles. The molecule has 2 spiro atoms. The summed E-state index contributed by atoms with van der Waals surface area (Å²) in [6, 6.07) is 16.9. The monoisotopic (exact) mass is 551 g/mol. The predicted octanol–water partition coefficient (Wildman–Crippen LogP) is 5.66. The van der Waals surface area contributed by atoms with Gasteiger partial charge in [-0.25, -0.2) is 0 Å². The van der Waals surface area contributed by atoms with E-state index in [9.17, 15) is 14.4 Å². The summed E-state index contributed by atoms with van der Waals surface area (Å²) in [5, 5.41) is 7.03. The van der Waals surface area contributed by atoms with Crippen LogP contribution in [0.3, 0.4) is 0 Å². The van der Waals surface area contributed by atoms with E-state index >= 15 is 0 Å². The topological polar surface area (TPSA) is 78.5 Å². The number of Topliss-reactive ketones (excluding diaryl/α,β-unsaturated/α-hetero) is 1. The van der Waals surface area contributed by atoms with Gasteiger partial charge in [0.25, 0.3) is 0 Å². The summed E-state index contributed by atoms with van der Waals surface area (Å²) in [6.45, 7) is 0.555. The Balaban J connectivity index is 1.60. The number of halogens is 3. The third kappa shape index (κ3) is 2.74. The molecular formula is C28H20Cl3N3O3. The zero-order valence-electron chi connectivity index (χ0n) is 19.4. The molecule has 0 aliphatic carbocycles. The average Bonchev–Trinajstić information content (AvgIpc) is 3.58. The summed E-state index contributed by atoms with van der Waals surface area (Å²) in [7, 11) is 0. The molecule has 4 aliphatic heterocycles. The number of fused-ring (bicyclic) bond motifs is 7. The van der Waals surface area contributed by atoms with Gasteiger partial charge in [-0.15, -0.1) is 0 Å². The van der Waals surface area contributed by atoms with E-state index in [1.807, 2.05) is 24.3 Å². The standard InChI is InChI=1S/C28H20Cl3N3O3/c29-14-8-10-21-18(12-14)28(26(37)33-21)24(23(35)16-9-7-15(30)13-19(16)31)27(22-6-3-11-34(22)28)17-4-1-2-5-20(17)32-25(27)36/h1-2,4-5,7-10,12-13,22,24H,3,6,11H2,(H,32,36)(H,33,37)/t22-,24+,27+,28-/m0/s1. The molecule has 7 rings (SSSR count). The fourth-order valence-corrected chi connectivity index (χ4v) is 8.04. The minimum Gasteiger partial charge on any atom is -0.325 e. The second kappa shape index (κ2) is 7.81. The maximum Gasteiger partial charge on any atom is 0.250 e. The molecule has 4 aliphatic rings. The predicted molar refractivity (Wildman–Crippen MR) is 143 cm³/mol. The molecule has 0 aromatic heterocycles. The van der Waals surface area contributed by atoms with Crippen molar-refractivity contribution in [2.75, 3.05) is 17.2 Å². The SMILES string of the molecule is O=C(c1ccc(Cl)cc1Cl)[C@@H]1[C@]2(C(=O)Nc3ccccc32)[C@@H]2CCCN2[C@]12C(=O)Nc1ccc(Cl)cc12. The Kier molecular flexibility index (Phi) is 4.90. The Bertz CT molecular complexity index is 1560. The number of nitrogens with one attached hydrogen (secondary N) is 2. The fourth-order valence-electron chi connectivity index (χ4n) is 7.36. The van der Waals surface area contributed by atoms with Crippen LogP contribution >= 0.6 is 34.8 Å². The van der Waals surface area contributed by atoms with Crippen LogP contribution in [0.5, 0.6) is 0 Å². The Morgan fingerprint density at radius 1 is 0.865 bits per heavy atom. The highest BCUT2D eigenvalue weighted by atomic mass is 35.5. The van der Waals surface area contributed by atoms with Crippen molar-refractivity contribution in [3.05, 3.63) is 92.4 Å². The van der Waals surface area contributed by atoms with Crippen molar-refractivity contribution in [3.63, 3.8) is 0 Å². The quantitative estimate of drug-likeness (QED) is 0.402. The van der Waals surface area contributed by atoms with Gasteiger partial charge in [0.05, 0.1) is 10.9 Å². The van der Waals surface area contributed by atoms with Crippen LogP contribution in [0.2, 0.25) is 15.1 Å². The highest BCUT2D eigenvalue weighted by Crippen LogP contribution is 2.66. The summed E-state index contributed by atoms with van der Waals surface area (Å²) in [5.74, 6) is -2.11. The van der Waals surface area contributed by atoms with Crippen LogP contribution in [0.4, 0.5) is 11.4 Å². The molecule has 2 amide bonds. The second-order valence-corrected chi connectivity index (χ2v) is 11.3. The molecule has 2 N–H and O–H groups in total. The van der Waals surface area contributed by atoms with E-state index in [1.165, 1.54) is 6.07 Å². The van der Waals surface area contributed by atoms with Gasteiger partial charge in [-0.2, -0.15) is 0 Å². The van der Waals surface area contributed by atoms with Gasteiger partial charge >= 0.3 is 0 Å². The second-order valence-electron chi connectivity index (χ2n) is 10.1. The lowest BCUT2D eigenvalue weighted by Crippen LogP contribution is -2.55. The maximum atomic E-state index is 14.8. The molecule has 186 valence electrons. The normalized spacial score (nSPS) is 29.4. The molecule has 2 fully saturated rings. The molecule has 37 heavy (non-hydrogen) atoms. The van der Waals surface area contributed by atoms with E-state index in [1.54, 1.807) is 30.3 Å². The van der Waals surface area contributed by atoms with Gasteiger partial charge in [-0.1, -0.05) is 53.0 Å². The first-order valence-corrected chi connectivity index (χ1v) is 13.2. The summed E-state index contributed by atoms with van der Waals surface area (Å²) in [5.41, 5.74) is 0.0289. The van der Waals surface area contributed by atoms with Gasteiger partial charge in [0, 0.05) is 38.6 Å². The molecular weight excluding hydrogens is 533 g/mol. The number of para-hydroxylation sites is 1. The number of rotatable bonds is 2. The first-order valence-electron chi connectivity index (χ1n) is 12.1. The summed E-state index contributed by atoms with van der Waals surface area (Å²) in [4.78, 5) is 45.3. The van der Waals surface area contributed by atoms with Crippen molar-refractivity contribution in [3.8, 4) is 0 Å². The minimum absolute atomic E-state index is 0.172. The molecule has 0 saturated carbocycles. The smallest absolute Gasteiger partial charge is 0.250 e. The van der Waals surface area contributed by atoms with E-state index in [2.05, 4.69) is 15.5 Å². The number of nitrogens with zero attached hydrogens (tertiary/aromatic N) is 1. The number of ketones is 1. The van der Waals surface area contributed by atoms with Crippen LogP contribution in [0.25, 0.3) is 0 Å². The summed E-state index contributed by atoms with van der Waals surface area (Å²) in [6.07, 6.45) is 1.44. The molecule has 6 nitrogen and oxygen atoms in total. The molecule has 3 aromatic carbocycles. The van der Waals surface area contributed by atoms with Crippen molar-refractivity contribution < 1.29 is 14.4 Å². The van der Waals surface area contributed by atoms with Crippen molar-refractivity contribution in [2.45, 2.75) is 29.8 Å². The van der Waals surface area contributed by atoms with Gasteiger partial charge in [0.1, 0.15) is 11.0 Å². The van der Waals surface area contributed by atoms with Crippen molar-refractivity contribution >= 4 is 63.8 Å². The highest BCUT2D eigenvalue weighted by molar-refractivity contribution is 6.37. The molecule has 3 aromatic rings. The van der Waals surface area contributed by atoms with E-state index in [0.717, 1.165) is 12.0 Å². The Morgan fingerprint density at radius 2 is 1.57 bits per heavy atom. The van der Waals surface area contributed by atoms with Crippen LogP contribution in [0.15, 0.2) is 60.7 Å². The van der Waals surface area contributed by atoms with Crippen molar-refractivity contribution in [1.29, 1.82) is 0 Å². The third-order valence-electron chi connectivity index (χ3n) is 8.55. The molecule has 0 unspecified atom stereocenters. The summed E-state index contributed by atoms with van der Waals surface area (Å²) < 4.78 is 0. The van der Waals surface area contributed by atoms with Crippen molar-refractivity contribution in [1.82, 2.24) is 4.90 Å². The lowest BCUT2D eigenvalue weighted by Gasteiger charge is -2.38. The van der Waals surface area contributed by atoms with Gasteiger partial charge in [-0.05, 0) is 67.4 Å². The van der Waals surface area contributed by atoms with Gasteiger partial charge in [0.2, 0.25) is 11.8 Å². The van der Waals surface area contributed by atoms with Gasteiger partial charge < -0.3 is 10.6 Å². The number of hydrogen-bond acceptors (Lipinski definition) is 4. The maximum absolute atomic E-state index is 14.8. The van der Waals surface area contributed by atoms with E-state index in [0.29, 0.717) is 39.9 Å². The number of benzene rings is 3. The molecule has 0 radical (unpaired) electrons. The first kappa shape index (κ1) is 23.2. The Hall–Kier alpha value is -2.90. The van der Waals surface area contributed by atoms with Crippen molar-refractivity contribution in [2.24, 2.45) is 5.92 Å². The van der Waals surface area contributed by atoms with Gasteiger partial charge in [-0.3, -0.25) is 19.3 Å². The van der Waals surface area contributed by atoms with Crippen LogP contribution in [0.1, 0.15) is 34.3 Å². The average molecular weight is 553 g/mol. The van der Waals surface area contributed by atoms with E-state index < -0.39 is 16.9 Å². The number of carbonyl (C=O) groups excluding carboxylic acids is 3. The van der Waals surface area contributed by atoms with Crippen LogP contribution in [0, 0.1) is 5.92 Å². The number of anilines is 2. The number of carbonyl (C=O) groups is 3. The molecule has 9 heteroatoms. The zero-order chi connectivity index (χ0) is 25.7. The summed E-state index contributed by atoms with van der Waals surface area (Å²) >= 11 is 19.2. The third-order valence-corrected chi connectivity index (χ3v) is 9.33. The number of hydrogen-bond donors (Lipinski definition) is 2. The highest BCUT2D eigenvalue weighted by Gasteiger charge is 2.78. The largest absolute Gasteiger partial charge is 0.325 e. The zero-order valence-corrected chi connectivity index (χ0v) is 21.6. The van der Waals surface area contributed by atoms with E-state index in [4.69, 9.17) is 34.8 Å². The van der Waals surface area contributed by atoms with E-state index in [-0.39, 0.29) is 34.2 Å². The van der Waals surface area contributed by atoms with Crippen LogP contribution in [-0.4, -0.2) is 35.1 Å². The Morgan fingerprint density at radius 3 is 2.38 bits per heavy atom. The minimum atomic E-state index is -1.45. The fraction of sp³-hybridized carbons (Fsp3) is 0.250. The Labute approximate surface area is 227 Å². The van der Waals surface area contributed by atoms with Gasteiger partial charge in [0.15, 0.2) is 5.78 Å². The van der Waals surface area contributed by atoms with Crippen LogP contribution < -0.4 is 10.6 Å². The molecule has 4 heterocycles. The lowest BCUT2D eigenvalue weighted by molar-refractivity contribution is -0.128. The molecule has 0 bridgehead atoms. The first-order chi connectivity index (χ1) is 17.8. The molecule has 4 atom stereocenters. The lowest BCUT2D eigenvalue weighted by atomic mass is 9.60.